The van der Waals surface area contributed by atoms with Crippen molar-refractivity contribution in [1.82, 2.24) is 15.5 Å². The second-order valence-electron chi connectivity index (χ2n) is 12.5. The van der Waals surface area contributed by atoms with Crippen LogP contribution in [0.1, 0.15) is 64.5 Å². The van der Waals surface area contributed by atoms with Gasteiger partial charge in [0, 0.05) is 6.54 Å². The van der Waals surface area contributed by atoms with Crippen molar-refractivity contribution in [3.8, 4) is 5.75 Å². The van der Waals surface area contributed by atoms with Gasteiger partial charge < -0.3 is 9.47 Å². The third kappa shape index (κ3) is 14.0. The van der Waals surface area contributed by atoms with Crippen LogP contribution >= 0.6 is 15.9 Å². The van der Waals surface area contributed by atoms with E-state index < -0.39 is 61.3 Å². The number of hydrogen-bond acceptors (Lipinski definition) is 10. The van der Waals surface area contributed by atoms with Gasteiger partial charge in [0.1, 0.15) is 11.6 Å². The van der Waals surface area contributed by atoms with Crippen LogP contribution in [0.25, 0.3) is 0 Å². The molecule has 0 radical (unpaired) electrons. The fourth-order valence-corrected chi connectivity index (χ4v) is 5.37. The standard InChI is InChI=1S/C34H44FN3O10P2/c1-5-6-18-44-30(40)27(36-29(39)28-16-11-17-38(28)33(43)47-34(2,3)4)22-45-25-15-10-14-24(19-25)20-26(31(41)48-50(35)49)37-32(42)46-21-23-12-8-7-9-13-23/h7-10,12-15,19,26-28H,5-6,11,16-18,20-22H2,1-4H3,(H,36,39)(H,37,42)/t26-,27-,28-/m0/s1. The molecule has 13 nitrogen and oxygen atoms in total. The second kappa shape index (κ2) is 19.9. The first kappa shape index (κ1) is 40.3. The van der Waals surface area contributed by atoms with E-state index in [1.54, 1.807) is 69.3 Å². The third-order valence-electron chi connectivity index (χ3n) is 7.24. The number of carbonyl (C=O) groups excluding carboxylic acids is 5. The molecule has 4 atom stereocenters. The van der Waals surface area contributed by atoms with Crippen LogP contribution in [-0.2, 0) is 46.1 Å². The molecule has 0 saturated carbocycles. The van der Waals surface area contributed by atoms with Gasteiger partial charge in [-0.15, -0.1) is 0 Å². The fraction of sp³-hybridized carbons (Fsp3) is 0.500. The number of halogens is 1. The molecule has 16 heteroatoms. The first-order valence-corrected chi connectivity index (χ1v) is 18.6. The summed E-state index contributed by atoms with van der Waals surface area (Å²) in [4.78, 5) is 65.7. The molecule has 0 aromatic heterocycles. The molecule has 0 aliphatic carbocycles. The average molecular weight is 736 g/mol. The minimum atomic E-state index is -2.85. The molecular weight excluding hydrogens is 691 g/mol. The van der Waals surface area contributed by atoms with Gasteiger partial charge >= 0.3 is 182 Å². The van der Waals surface area contributed by atoms with Gasteiger partial charge in [0.2, 0.25) is 5.91 Å². The maximum atomic E-state index is 13.5. The number of carbonyl (C=O) groups is 5. The summed E-state index contributed by atoms with van der Waals surface area (Å²) in [6.45, 7) is 7.24. The molecule has 2 N–H and O–H groups in total. The predicted octanol–water partition coefficient (Wildman–Crippen LogP) is 6.28. The van der Waals surface area contributed by atoms with Crippen LogP contribution < -0.4 is 15.4 Å². The molecule has 3 rings (SSSR count). The molecule has 1 aliphatic heterocycles. The van der Waals surface area contributed by atoms with Crippen molar-refractivity contribution in [2.24, 2.45) is 0 Å². The number of nitrogens with one attached hydrogen (secondary N) is 2. The van der Waals surface area contributed by atoms with Crippen LogP contribution in [0.2, 0.25) is 0 Å². The number of benzene rings is 2. The van der Waals surface area contributed by atoms with Gasteiger partial charge in [0.05, 0.1) is 6.61 Å². The minimum absolute atomic E-state index is 0.0570. The van der Waals surface area contributed by atoms with Crippen molar-refractivity contribution >= 4 is 45.9 Å². The Hall–Kier alpha value is -4.15. The van der Waals surface area contributed by atoms with E-state index in [1.165, 1.54) is 4.90 Å². The predicted molar refractivity (Wildman–Crippen MR) is 184 cm³/mol. The summed E-state index contributed by atoms with van der Waals surface area (Å²) >= 11 is 0. The van der Waals surface area contributed by atoms with Crippen molar-refractivity contribution in [2.75, 3.05) is 19.8 Å². The molecule has 0 bridgehead atoms. The molecule has 1 heterocycles. The number of alkyl carbamates (subject to hydrolysis) is 1. The van der Waals surface area contributed by atoms with Crippen LogP contribution in [-0.4, -0.2) is 78.4 Å². The van der Waals surface area contributed by atoms with Gasteiger partial charge in [-0.3, -0.25) is 9.69 Å². The Morgan fingerprint density at radius 2 is 1.70 bits per heavy atom. The first-order valence-electron chi connectivity index (χ1n) is 16.3. The summed E-state index contributed by atoms with van der Waals surface area (Å²) in [5.74, 6) is -2.05. The molecule has 0 spiro atoms. The quantitative estimate of drug-likeness (QED) is 0.0923. The van der Waals surface area contributed by atoms with E-state index in [9.17, 15) is 28.2 Å². The number of likely N-dealkylation sites (tertiary alicyclic amines) is 1. The van der Waals surface area contributed by atoms with E-state index in [4.69, 9.17) is 18.9 Å². The Labute approximate surface area is 294 Å². The topological polar surface area (TPSA) is 159 Å². The SMILES string of the molecule is CCCCOC(=O)[C@H](COc1cccc(C[C@H](NC(=O)OCc2ccccc2)C(=O)OP(F)#P)c1)NC(=O)[C@@H]1CCCN1C(=O)OC(C)(C)C. The number of ether oxygens (including phenoxy) is 4. The molecular formula is C34H44FN3O10P2. The zero-order chi connectivity index (χ0) is 36.7. The zero-order valence-electron chi connectivity index (χ0n) is 28.6. The van der Waals surface area contributed by atoms with Crippen molar-refractivity contribution in [2.45, 2.75) is 90.1 Å². The van der Waals surface area contributed by atoms with E-state index in [0.717, 1.165) is 12.0 Å². The average Bonchev–Trinajstić information content (AvgIpc) is 3.56. The van der Waals surface area contributed by atoms with Crippen molar-refractivity contribution < 1.29 is 51.6 Å². The van der Waals surface area contributed by atoms with E-state index >= 15 is 0 Å². The minimum Gasteiger partial charge on any atom is -0.444 e. The molecule has 50 heavy (non-hydrogen) atoms. The second-order valence-corrected chi connectivity index (χ2v) is 14.1. The Morgan fingerprint density at radius 1 is 0.980 bits per heavy atom. The fourth-order valence-electron chi connectivity index (χ4n) is 4.85. The summed E-state index contributed by atoms with van der Waals surface area (Å²) < 4.78 is 40.1. The molecule has 272 valence electrons. The van der Waals surface area contributed by atoms with Crippen LogP contribution in [0.5, 0.6) is 5.75 Å². The number of amides is 3. The van der Waals surface area contributed by atoms with Crippen LogP contribution in [0, 0.1) is 0 Å². The normalized spacial score (nSPS) is 15.6. The summed E-state index contributed by atoms with van der Waals surface area (Å²) in [6.07, 6.45) is 0.716. The zero-order valence-corrected chi connectivity index (χ0v) is 30.4. The van der Waals surface area contributed by atoms with Gasteiger partial charge in [-0.2, -0.15) is 0 Å². The van der Waals surface area contributed by atoms with Crippen LogP contribution in [0.4, 0.5) is 13.8 Å². The summed E-state index contributed by atoms with van der Waals surface area (Å²) in [7, 11) is 0.675. The summed E-state index contributed by atoms with van der Waals surface area (Å²) in [6, 6.07) is 11.9. The van der Waals surface area contributed by atoms with Crippen molar-refractivity contribution in [1.29, 1.82) is 0 Å². The molecule has 2 aromatic carbocycles. The first-order chi connectivity index (χ1) is 23.8. The van der Waals surface area contributed by atoms with Crippen LogP contribution in [0.3, 0.4) is 0 Å². The van der Waals surface area contributed by atoms with Crippen LogP contribution in [0.15, 0.2) is 54.6 Å². The Balaban J connectivity index is 1.70. The van der Waals surface area contributed by atoms with E-state index in [0.29, 0.717) is 31.4 Å². The Kier molecular flexibility index (Phi) is 16.0. The molecule has 1 fully saturated rings. The molecule has 3 amide bonds. The molecule has 1 aliphatic rings. The number of unbranched alkanes of at least 4 members (excludes halogenated alkanes) is 1. The monoisotopic (exact) mass is 735 g/mol. The van der Waals surface area contributed by atoms with E-state index in [-0.39, 0.29) is 32.0 Å². The maximum absolute atomic E-state index is 13.5. The van der Waals surface area contributed by atoms with Gasteiger partial charge in [0.25, 0.3) is 0 Å². The Bertz CT molecular complexity index is 1550. The molecule has 2 aromatic rings. The van der Waals surface area contributed by atoms with Crippen molar-refractivity contribution in [3.63, 3.8) is 0 Å². The Morgan fingerprint density at radius 3 is 2.38 bits per heavy atom. The van der Waals surface area contributed by atoms with E-state index in [2.05, 4.69) is 23.5 Å². The number of hydrogen-bond donors (Lipinski definition) is 2. The summed E-state index contributed by atoms with van der Waals surface area (Å²) in [5.41, 5.74) is 0.460. The number of nitrogens with zero attached hydrogens (tertiary/aromatic N) is 1. The number of rotatable bonds is 15. The summed E-state index contributed by atoms with van der Waals surface area (Å²) in [5, 5.41) is 5.09. The van der Waals surface area contributed by atoms with E-state index in [1.807, 2.05) is 13.0 Å². The molecule has 1 saturated heterocycles. The molecule has 1 unspecified atom stereocenters. The van der Waals surface area contributed by atoms with Gasteiger partial charge in [-0.1, -0.05) is 13.3 Å². The van der Waals surface area contributed by atoms with Gasteiger partial charge in [-0.05, 0) is 40.0 Å². The smallest absolute Gasteiger partial charge is 0.444 e. The van der Waals surface area contributed by atoms with Crippen molar-refractivity contribution in [3.05, 3.63) is 65.7 Å². The van der Waals surface area contributed by atoms with Gasteiger partial charge in [-0.25, -0.2) is 9.59 Å². The number of esters is 1. The third-order valence-corrected chi connectivity index (χ3v) is 7.81. The van der Waals surface area contributed by atoms with Gasteiger partial charge in [0.15, 0.2) is 0 Å².